The summed E-state index contributed by atoms with van der Waals surface area (Å²) in [4.78, 5) is 57.0. The number of carbonyl (C=O) groups excluding carboxylic acids is 4. The number of aromatic nitrogens is 1. The summed E-state index contributed by atoms with van der Waals surface area (Å²) in [5, 5.41) is 3.39. The number of rotatable bonds is 8. The molecule has 0 radical (unpaired) electrons. The van der Waals surface area contributed by atoms with Crippen molar-refractivity contribution < 1.29 is 23.9 Å². The highest BCUT2D eigenvalue weighted by molar-refractivity contribution is 8.00. The number of nitrogens with one attached hydrogen (secondary N) is 1. The SMILES string of the molecule is Nc1nc(C(=O)C(=O)NC2C(=O)N3C(C(=O)OC(c4ccccc4)c4ccccc4)=C(/C=C/Cl)CS[C@H]23)cs1. The smallest absolute Gasteiger partial charge is 0.356 e. The molecule has 2 atom stereocenters. The van der Waals surface area contributed by atoms with E-state index in [1.807, 2.05) is 60.7 Å². The fourth-order valence-corrected chi connectivity index (χ4v) is 6.31. The zero-order chi connectivity index (χ0) is 27.5. The number of fused-ring (bicyclic) bond motifs is 1. The highest BCUT2D eigenvalue weighted by atomic mass is 35.5. The number of nitrogen functional groups attached to an aromatic ring is 1. The first-order valence-corrected chi connectivity index (χ1v) is 14.1. The van der Waals surface area contributed by atoms with Gasteiger partial charge in [-0.3, -0.25) is 19.3 Å². The van der Waals surface area contributed by atoms with Crippen molar-refractivity contribution in [3.8, 4) is 0 Å². The molecule has 3 N–H and O–H groups in total. The molecule has 5 rings (SSSR count). The van der Waals surface area contributed by atoms with E-state index in [1.165, 1.54) is 33.7 Å². The first-order valence-electron chi connectivity index (χ1n) is 11.7. The Morgan fingerprint density at radius 2 is 1.74 bits per heavy atom. The molecule has 2 amide bonds. The quantitative estimate of drug-likeness (QED) is 0.179. The molecule has 0 aliphatic carbocycles. The van der Waals surface area contributed by atoms with Crippen LogP contribution in [0.4, 0.5) is 5.13 Å². The van der Waals surface area contributed by atoms with E-state index < -0.39 is 41.1 Å². The number of nitrogens with zero attached hydrogens (tertiary/aromatic N) is 2. The largest absolute Gasteiger partial charge is 0.448 e. The molecule has 1 saturated heterocycles. The Labute approximate surface area is 236 Å². The van der Waals surface area contributed by atoms with Gasteiger partial charge in [0.15, 0.2) is 11.2 Å². The lowest BCUT2D eigenvalue weighted by Crippen LogP contribution is -2.71. The summed E-state index contributed by atoms with van der Waals surface area (Å²) in [6, 6.07) is 17.5. The van der Waals surface area contributed by atoms with Crippen molar-refractivity contribution in [1.29, 1.82) is 0 Å². The van der Waals surface area contributed by atoms with E-state index in [9.17, 15) is 19.2 Å². The minimum atomic E-state index is -1.01. The summed E-state index contributed by atoms with van der Waals surface area (Å²) in [7, 11) is 0. The van der Waals surface area contributed by atoms with Gasteiger partial charge in [0.1, 0.15) is 22.8 Å². The third kappa shape index (κ3) is 5.33. The number of hydrogen-bond acceptors (Lipinski definition) is 9. The number of esters is 1. The van der Waals surface area contributed by atoms with Crippen LogP contribution in [0.1, 0.15) is 27.7 Å². The number of carbonyl (C=O) groups is 4. The first-order chi connectivity index (χ1) is 18.9. The number of halogens is 1. The Kier molecular flexibility index (Phi) is 7.82. The average molecular weight is 581 g/mol. The second-order valence-corrected chi connectivity index (χ2v) is 10.8. The van der Waals surface area contributed by atoms with Crippen LogP contribution in [0.2, 0.25) is 0 Å². The van der Waals surface area contributed by atoms with E-state index in [2.05, 4.69) is 10.3 Å². The minimum absolute atomic E-state index is 0.0432. The maximum Gasteiger partial charge on any atom is 0.356 e. The molecule has 2 aliphatic heterocycles. The van der Waals surface area contributed by atoms with Crippen LogP contribution in [0.3, 0.4) is 0 Å². The lowest BCUT2D eigenvalue weighted by atomic mass is 10.0. The predicted molar refractivity (Wildman–Crippen MR) is 149 cm³/mol. The molecule has 0 spiro atoms. The number of ether oxygens (including phenoxy) is 1. The highest BCUT2D eigenvalue weighted by Crippen LogP contribution is 2.42. The zero-order valence-corrected chi connectivity index (χ0v) is 22.5. The van der Waals surface area contributed by atoms with E-state index in [1.54, 1.807) is 0 Å². The minimum Gasteiger partial charge on any atom is -0.448 e. The Morgan fingerprint density at radius 1 is 1.10 bits per heavy atom. The van der Waals surface area contributed by atoms with Crippen LogP contribution in [0.25, 0.3) is 0 Å². The molecular weight excluding hydrogens is 560 g/mol. The number of allylic oxidation sites excluding steroid dienone is 1. The van der Waals surface area contributed by atoms with Crippen molar-refractivity contribution in [2.75, 3.05) is 11.5 Å². The van der Waals surface area contributed by atoms with Gasteiger partial charge in [0.25, 0.3) is 17.6 Å². The van der Waals surface area contributed by atoms with Gasteiger partial charge < -0.3 is 15.8 Å². The zero-order valence-electron chi connectivity index (χ0n) is 20.2. The fourth-order valence-electron chi connectivity index (χ4n) is 4.30. The van der Waals surface area contributed by atoms with Crippen LogP contribution < -0.4 is 11.1 Å². The Morgan fingerprint density at radius 3 is 2.31 bits per heavy atom. The van der Waals surface area contributed by atoms with Crippen molar-refractivity contribution in [2.24, 2.45) is 0 Å². The monoisotopic (exact) mass is 580 g/mol. The molecule has 1 aromatic heterocycles. The van der Waals surface area contributed by atoms with Gasteiger partial charge >= 0.3 is 5.97 Å². The normalized spacial score (nSPS) is 18.6. The van der Waals surface area contributed by atoms with Gasteiger partial charge in [-0.1, -0.05) is 72.3 Å². The number of anilines is 1. The summed E-state index contributed by atoms with van der Waals surface area (Å²) in [5.74, 6) is -2.81. The summed E-state index contributed by atoms with van der Waals surface area (Å²) in [6.07, 6.45) is 0.813. The molecule has 3 heterocycles. The number of β-lactam (4-membered cyclic amide) rings is 1. The van der Waals surface area contributed by atoms with Gasteiger partial charge in [0.2, 0.25) is 0 Å². The van der Waals surface area contributed by atoms with Crippen molar-refractivity contribution in [1.82, 2.24) is 15.2 Å². The summed E-state index contributed by atoms with van der Waals surface area (Å²) < 4.78 is 6.02. The maximum atomic E-state index is 13.7. The van der Waals surface area contributed by atoms with Crippen molar-refractivity contribution in [3.05, 3.63) is 106 Å². The van der Waals surface area contributed by atoms with Crippen LogP contribution >= 0.6 is 34.7 Å². The molecule has 2 aromatic carbocycles. The fraction of sp³-hybridized carbons (Fsp3) is 0.148. The van der Waals surface area contributed by atoms with Crippen molar-refractivity contribution in [2.45, 2.75) is 17.5 Å². The third-order valence-corrected chi connectivity index (χ3v) is 8.23. The Hall–Kier alpha value is -3.93. The number of benzene rings is 2. The van der Waals surface area contributed by atoms with Gasteiger partial charge in [-0.25, -0.2) is 9.78 Å². The number of amides is 2. The standard InChI is InChI=1S/C27H21ClN4O5S2/c28-12-11-17-13-38-25-19(31-23(34)21(33)18-14-39-27(29)30-18)24(35)32(25)20(17)26(36)37-22(15-7-3-1-4-8-15)16-9-5-2-6-10-16/h1-12,14,19,22,25H,13H2,(H2,29,30)(H,31,34)/b12-11+/t19?,25-/m1/s1. The maximum absolute atomic E-state index is 13.7. The van der Waals surface area contributed by atoms with E-state index in [-0.39, 0.29) is 16.5 Å². The highest BCUT2D eigenvalue weighted by Gasteiger charge is 2.54. The third-order valence-electron chi connectivity index (χ3n) is 6.13. The molecular formula is C27H21ClN4O5S2. The van der Waals surface area contributed by atoms with Gasteiger partial charge in [0, 0.05) is 16.7 Å². The lowest BCUT2D eigenvalue weighted by Gasteiger charge is -2.49. The van der Waals surface area contributed by atoms with E-state index in [4.69, 9.17) is 22.1 Å². The van der Waals surface area contributed by atoms with Gasteiger partial charge in [0.05, 0.1) is 0 Å². The number of ketones is 1. The Bertz CT molecular complexity index is 1450. The van der Waals surface area contributed by atoms with Gasteiger partial charge in [-0.15, -0.1) is 23.1 Å². The van der Waals surface area contributed by atoms with Crippen LogP contribution in [-0.4, -0.2) is 50.6 Å². The molecule has 1 fully saturated rings. The van der Waals surface area contributed by atoms with Gasteiger partial charge in [-0.05, 0) is 22.8 Å². The lowest BCUT2D eigenvalue weighted by molar-refractivity contribution is -0.154. The van der Waals surface area contributed by atoms with E-state index in [0.717, 1.165) is 22.5 Å². The number of hydrogen-bond donors (Lipinski definition) is 2. The number of nitrogens with two attached hydrogens (primary N) is 1. The van der Waals surface area contributed by atoms with Crippen LogP contribution in [-0.2, 0) is 19.1 Å². The first kappa shape index (κ1) is 26.7. The number of Topliss-reactive ketones (excluding diaryl/α,β-unsaturated/α-hetero) is 1. The number of thioether (sulfide) groups is 1. The van der Waals surface area contributed by atoms with Crippen LogP contribution in [0.5, 0.6) is 0 Å². The Balaban J connectivity index is 1.39. The topological polar surface area (TPSA) is 132 Å². The van der Waals surface area contributed by atoms with Crippen LogP contribution in [0.15, 0.2) is 88.9 Å². The molecule has 0 bridgehead atoms. The predicted octanol–water partition coefficient (Wildman–Crippen LogP) is 3.65. The molecule has 0 saturated carbocycles. The summed E-state index contributed by atoms with van der Waals surface area (Å²) >= 11 is 8.20. The van der Waals surface area contributed by atoms with E-state index >= 15 is 0 Å². The molecule has 39 heavy (non-hydrogen) atoms. The summed E-state index contributed by atoms with van der Waals surface area (Å²) in [5.41, 5.74) is 8.78. The van der Waals surface area contributed by atoms with E-state index in [0.29, 0.717) is 11.3 Å². The second-order valence-electron chi connectivity index (χ2n) is 8.53. The van der Waals surface area contributed by atoms with Crippen LogP contribution in [0, 0.1) is 0 Å². The molecule has 2 aliphatic rings. The van der Waals surface area contributed by atoms with Crippen molar-refractivity contribution in [3.63, 3.8) is 0 Å². The molecule has 1 unspecified atom stereocenters. The van der Waals surface area contributed by atoms with Crippen molar-refractivity contribution >= 4 is 63.4 Å². The van der Waals surface area contributed by atoms with Gasteiger partial charge in [-0.2, -0.15) is 0 Å². The molecule has 3 aromatic rings. The average Bonchev–Trinajstić information content (AvgIpc) is 3.40. The number of thiazole rings is 1. The molecule has 198 valence electrons. The second kappa shape index (κ2) is 11.4. The molecule has 12 heteroatoms. The summed E-state index contributed by atoms with van der Waals surface area (Å²) in [6.45, 7) is 0. The molecule has 9 nitrogen and oxygen atoms in total.